The van der Waals surface area contributed by atoms with E-state index < -0.39 is 17.7 Å². The summed E-state index contributed by atoms with van der Waals surface area (Å²) in [6.07, 6.45) is 12.1. The highest BCUT2D eigenvalue weighted by Crippen LogP contribution is 2.47. The van der Waals surface area contributed by atoms with Crippen molar-refractivity contribution in [2.45, 2.75) is 97.0 Å². The molecule has 2 radical (unpaired) electrons. The van der Waals surface area contributed by atoms with Gasteiger partial charge in [0.15, 0.2) is 11.6 Å². The van der Waals surface area contributed by atoms with E-state index in [-0.39, 0.29) is 11.3 Å². The second-order valence-electron chi connectivity index (χ2n) is 9.21. The minimum atomic E-state index is -1.03. The van der Waals surface area contributed by atoms with Gasteiger partial charge in [0.2, 0.25) is 5.82 Å². The highest BCUT2D eigenvalue weighted by atomic mass is 19.2. The van der Waals surface area contributed by atoms with Crippen molar-refractivity contribution in [3.05, 3.63) is 41.2 Å². The summed E-state index contributed by atoms with van der Waals surface area (Å²) in [5.74, 6) is 2.15. The number of hydrogen-bond acceptors (Lipinski definition) is 2. The molecule has 2 nitrogen and oxygen atoms in total. The van der Waals surface area contributed by atoms with E-state index in [1.807, 2.05) is 6.92 Å². The molecule has 4 heteroatoms. The Hall–Kier alpha value is -1.16. The van der Waals surface area contributed by atoms with Gasteiger partial charge in [-0.2, -0.15) is 4.39 Å². The summed E-state index contributed by atoms with van der Waals surface area (Å²) in [6.45, 7) is 4.65. The maximum atomic E-state index is 14.6. The standard InChI is InChI=1S/C26H38F2O2/c1-3-5-17-30-23-16-15-22(24(27)25(23)28)26(29)21-13-11-20(12-14-21)19-9-7-18(6-4-2)8-10-19/h15-16,18,20,26,29H,3-14,17H2,1-2H3. The summed E-state index contributed by atoms with van der Waals surface area (Å²) in [7, 11) is 0. The van der Waals surface area contributed by atoms with Gasteiger partial charge in [-0.15, -0.1) is 0 Å². The molecule has 0 heterocycles. The van der Waals surface area contributed by atoms with E-state index in [1.165, 1.54) is 50.7 Å². The van der Waals surface area contributed by atoms with Crippen molar-refractivity contribution in [1.29, 1.82) is 0 Å². The van der Waals surface area contributed by atoms with Gasteiger partial charge < -0.3 is 9.84 Å². The first-order chi connectivity index (χ1) is 14.5. The molecule has 0 spiro atoms. The van der Waals surface area contributed by atoms with Crippen LogP contribution in [0.1, 0.15) is 103 Å². The van der Waals surface area contributed by atoms with Gasteiger partial charge in [0.05, 0.1) is 12.7 Å². The van der Waals surface area contributed by atoms with E-state index in [0.717, 1.165) is 50.4 Å². The van der Waals surface area contributed by atoms with Crippen LogP contribution in [0, 0.1) is 35.3 Å². The maximum absolute atomic E-state index is 14.6. The predicted octanol–water partition coefficient (Wildman–Crippen LogP) is 7.51. The first-order valence-electron chi connectivity index (χ1n) is 12.0. The van der Waals surface area contributed by atoms with E-state index in [2.05, 4.69) is 6.92 Å². The Morgan fingerprint density at radius 3 is 2.30 bits per heavy atom. The fraction of sp³-hybridized carbons (Fsp3) is 0.692. The molecule has 0 amide bonds. The summed E-state index contributed by atoms with van der Waals surface area (Å²) in [5.41, 5.74) is 0.0384. The highest BCUT2D eigenvalue weighted by Gasteiger charge is 2.35. The van der Waals surface area contributed by atoms with E-state index in [0.29, 0.717) is 12.5 Å². The number of ether oxygens (including phenoxy) is 1. The van der Waals surface area contributed by atoms with Crippen LogP contribution in [-0.2, 0) is 0 Å². The van der Waals surface area contributed by atoms with E-state index in [1.54, 1.807) is 5.92 Å². The minimum Gasteiger partial charge on any atom is -0.490 e. The lowest BCUT2D eigenvalue weighted by atomic mass is 9.67. The molecule has 1 aromatic carbocycles. The van der Waals surface area contributed by atoms with Crippen molar-refractivity contribution in [1.82, 2.24) is 0 Å². The first kappa shape index (κ1) is 23.5. The van der Waals surface area contributed by atoms with Gasteiger partial charge in [0, 0.05) is 11.5 Å². The predicted molar refractivity (Wildman–Crippen MR) is 117 cm³/mol. The molecule has 1 unspecified atom stereocenters. The molecule has 3 rings (SSSR count). The fourth-order valence-electron chi connectivity index (χ4n) is 5.24. The van der Waals surface area contributed by atoms with Crippen LogP contribution in [0.15, 0.2) is 12.1 Å². The van der Waals surface area contributed by atoms with E-state index in [9.17, 15) is 13.9 Å². The van der Waals surface area contributed by atoms with Gasteiger partial charge in [0.1, 0.15) is 0 Å². The van der Waals surface area contributed by atoms with Gasteiger partial charge >= 0.3 is 0 Å². The van der Waals surface area contributed by atoms with E-state index in [4.69, 9.17) is 4.74 Å². The normalized spacial score (nSPS) is 21.1. The lowest BCUT2D eigenvalue weighted by molar-refractivity contribution is 0.154. The largest absolute Gasteiger partial charge is 0.490 e. The third-order valence-electron chi connectivity index (χ3n) is 7.16. The summed E-state index contributed by atoms with van der Waals surface area (Å²) in [6, 6.07) is 2.93. The Labute approximate surface area is 181 Å². The molecule has 0 bridgehead atoms. The molecule has 0 saturated heterocycles. The Morgan fingerprint density at radius 2 is 1.67 bits per heavy atom. The average molecular weight is 421 g/mol. The second-order valence-corrected chi connectivity index (χ2v) is 9.21. The third kappa shape index (κ3) is 5.75. The number of rotatable bonds is 9. The Bertz CT molecular complexity index is 647. The van der Waals surface area contributed by atoms with Gasteiger partial charge in [-0.25, -0.2) is 4.39 Å². The number of aliphatic hydroxyl groups is 1. The van der Waals surface area contributed by atoms with Crippen molar-refractivity contribution >= 4 is 0 Å². The van der Waals surface area contributed by atoms with Crippen LogP contribution in [0.25, 0.3) is 0 Å². The van der Waals surface area contributed by atoms with Crippen molar-refractivity contribution in [3.8, 4) is 5.75 Å². The molecule has 0 aliphatic heterocycles. The summed E-state index contributed by atoms with van der Waals surface area (Å²) in [5, 5.41) is 10.8. The zero-order chi connectivity index (χ0) is 21.5. The van der Waals surface area contributed by atoms with Crippen molar-refractivity contribution in [2.24, 2.45) is 11.8 Å². The molecule has 2 aliphatic rings. The molecule has 1 atom stereocenters. The van der Waals surface area contributed by atoms with Gasteiger partial charge in [-0.3, -0.25) is 0 Å². The molecule has 0 aromatic heterocycles. The summed E-state index contributed by atoms with van der Waals surface area (Å²) < 4.78 is 34.3. The Morgan fingerprint density at radius 1 is 0.967 bits per heavy atom. The molecule has 2 saturated carbocycles. The average Bonchev–Trinajstić information content (AvgIpc) is 2.77. The van der Waals surface area contributed by atoms with Crippen LogP contribution >= 0.6 is 0 Å². The molecular formula is C26H38F2O2. The molecule has 30 heavy (non-hydrogen) atoms. The zero-order valence-electron chi connectivity index (χ0n) is 18.7. The van der Waals surface area contributed by atoms with Crippen LogP contribution in [0.5, 0.6) is 5.75 Å². The quantitative estimate of drug-likeness (QED) is 0.419. The fourth-order valence-corrected chi connectivity index (χ4v) is 5.24. The highest BCUT2D eigenvalue weighted by molar-refractivity contribution is 5.34. The molecular weight excluding hydrogens is 382 g/mol. The van der Waals surface area contributed by atoms with Crippen LogP contribution < -0.4 is 4.74 Å². The maximum Gasteiger partial charge on any atom is 0.200 e. The summed E-state index contributed by atoms with van der Waals surface area (Å²) >= 11 is 0. The third-order valence-corrected chi connectivity index (χ3v) is 7.16. The zero-order valence-corrected chi connectivity index (χ0v) is 18.7. The molecule has 1 N–H and O–H groups in total. The number of unbranched alkanes of at least 4 members (excludes halogenated alkanes) is 1. The minimum absolute atomic E-state index is 0.0384. The van der Waals surface area contributed by atoms with Gasteiger partial charge in [0.25, 0.3) is 0 Å². The lowest BCUT2D eigenvalue weighted by Crippen LogP contribution is -2.26. The van der Waals surface area contributed by atoms with E-state index >= 15 is 0 Å². The van der Waals surface area contributed by atoms with Crippen molar-refractivity contribution < 1.29 is 18.6 Å². The van der Waals surface area contributed by atoms with Gasteiger partial charge in [-0.1, -0.05) is 33.1 Å². The van der Waals surface area contributed by atoms with Crippen molar-refractivity contribution in [3.63, 3.8) is 0 Å². The number of hydrogen-bond donors (Lipinski definition) is 1. The number of aliphatic hydroxyl groups excluding tert-OH is 1. The summed E-state index contributed by atoms with van der Waals surface area (Å²) in [4.78, 5) is 0. The molecule has 2 aliphatic carbocycles. The SMILES string of the molecule is CCCCOc1ccc(C(O)[C]2CCC([C]3CCC(CCC)CC3)CC2)c(F)c1F. The van der Waals surface area contributed by atoms with Crippen LogP contribution in [0.2, 0.25) is 0 Å². The van der Waals surface area contributed by atoms with Crippen LogP contribution in [0.3, 0.4) is 0 Å². The molecule has 168 valence electrons. The first-order valence-corrected chi connectivity index (χ1v) is 12.0. The topological polar surface area (TPSA) is 29.5 Å². The Balaban J connectivity index is 1.52. The van der Waals surface area contributed by atoms with Crippen LogP contribution in [0.4, 0.5) is 8.78 Å². The number of benzene rings is 1. The number of halogens is 2. The monoisotopic (exact) mass is 420 g/mol. The lowest BCUT2D eigenvalue weighted by Gasteiger charge is -2.38. The molecule has 2 fully saturated rings. The smallest absolute Gasteiger partial charge is 0.200 e. The van der Waals surface area contributed by atoms with Gasteiger partial charge in [-0.05, 0) is 87.7 Å². The van der Waals surface area contributed by atoms with Crippen molar-refractivity contribution in [2.75, 3.05) is 6.61 Å². The Kier molecular flexibility index (Phi) is 8.98. The van der Waals surface area contributed by atoms with Crippen LogP contribution in [-0.4, -0.2) is 11.7 Å². The second kappa shape index (κ2) is 11.5. The molecule has 1 aromatic rings.